The van der Waals surface area contributed by atoms with E-state index in [4.69, 9.17) is 14.6 Å². The van der Waals surface area contributed by atoms with Gasteiger partial charge in [0, 0.05) is 13.1 Å². The van der Waals surface area contributed by atoms with Crippen LogP contribution in [0.5, 0.6) is 5.75 Å². The summed E-state index contributed by atoms with van der Waals surface area (Å²) >= 11 is 0. The van der Waals surface area contributed by atoms with E-state index in [0.29, 0.717) is 13.1 Å². The molecule has 1 fully saturated rings. The summed E-state index contributed by atoms with van der Waals surface area (Å²) in [6, 6.07) is 3.61. The van der Waals surface area contributed by atoms with Gasteiger partial charge in [-0.1, -0.05) is 0 Å². The molecule has 0 spiro atoms. The van der Waals surface area contributed by atoms with Gasteiger partial charge < -0.3 is 14.4 Å². The van der Waals surface area contributed by atoms with Crippen LogP contribution in [-0.2, 0) is 19.6 Å². The first-order valence-corrected chi connectivity index (χ1v) is 8.99. The van der Waals surface area contributed by atoms with Crippen LogP contribution in [0.15, 0.2) is 23.1 Å². The monoisotopic (exact) mass is 356 g/mol. The Morgan fingerprint density at radius 1 is 1.25 bits per heavy atom. The van der Waals surface area contributed by atoms with Gasteiger partial charge in [-0.3, -0.25) is 4.79 Å². The lowest BCUT2D eigenvalue weighted by Crippen LogP contribution is -2.38. The van der Waals surface area contributed by atoms with Crippen LogP contribution in [-0.4, -0.2) is 51.5 Å². The predicted molar refractivity (Wildman–Crippen MR) is 85.1 cm³/mol. The van der Waals surface area contributed by atoms with Gasteiger partial charge in [-0.25, -0.2) is 18.4 Å². The van der Waals surface area contributed by atoms with Crippen molar-refractivity contribution < 1.29 is 27.5 Å². The van der Waals surface area contributed by atoms with E-state index in [1.54, 1.807) is 4.90 Å². The number of primary sulfonamides is 1. The molecule has 1 atom stereocenters. The molecular weight excluding hydrogens is 336 g/mol. The molecular formula is C15H20N2O6S. The summed E-state index contributed by atoms with van der Waals surface area (Å²) in [6.07, 6.45) is 0.881. The standard InChI is InChI=1S/C15H20N2O6S/c1-10(14(18)17-7-3-4-8-17)23-15(19)12-9-11(24(16,20)21)5-6-13(12)22-2/h5-6,9-10H,3-4,7-8H2,1-2H3,(H2,16,20,21). The maximum atomic E-state index is 12.3. The third-order valence-corrected chi connectivity index (χ3v) is 4.68. The molecule has 1 aromatic rings. The van der Waals surface area contributed by atoms with Gasteiger partial charge in [0.05, 0.1) is 12.0 Å². The first-order valence-electron chi connectivity index (χ1n) is 7.44. The predicted octanol–water partition coefficient (Wildman–Crippen LogP) is 0.510. The van der Waals surface area contributed by atoms with Gasteiger partial charge in [-0.05, 0) is 38.0 Å². The lowest BCUT2D eigenvalue weighted by atomic mass is 10.2. The highest BCUT2D eigenvalue weighted by Gasteiger charge is 2.27. The lowest BCUT2D eigenvalue weighted by Gasteiger charge is -2.20. The van der Waals surface area contributed by atoms with Crippen LogP contribution < -0.4 is 9.88 Å². The number of carbonyl (C=O) groups excluding carboxylic acids is 2. The van der Waals surface area contributed by atoms with Crippen molar-refractivity contribution in [2.24, 2.45) is 5.14 Å². The summed E-state index contributed by atoms with van der Waals surface area (Å²) in [6.45, 7) is 2.77. The molecule has 1 aliphatic heterocycles. The van der Waals surface area contributed by atoms with Crippen molar-refractivity contribution in [3.05, 3.63) is 23.8 Å². The number of likely N-dealkylation sites (tertiary alicyclic amines) is 1. The number of sulfonamides is 1. The summed E-state index contributed by atoms with van der Waals surface area (Å²) in [5.74, 6) is -0.993. The molecule has 0 saturated carbocycles. The minimum Gasteiger partial charge on any atom is -0.496 e. The molecule has 1 unspecified atom stereocenters. The number of ether oxygens (including phenoxy) is 2. The van der Waals surface area contributed by atoms with Crippen molar-refractivity contribution in [2.75, 3.05) is 20.2 Å². The summed E-state index contributed by atoms with van der Waals surface area (Å²) in [4.78, 5) is 25.9. The Bertz CT molecular complexity index is 740. The van der Waals surface area contributed by atoms with Crippen LogP contribution >= 0.6 is 0 Å². The molecule has 0 aliphatic carbocycles. The number of carbonyl (C=O) groups is 2. The third-order valence-electron chi connectivity index (χ3n) is 3.77. The van der Waals surface area contributed by atoms with Crippen molar-refractivity contribution in [1.82, 2.24) is 4.90 Å². The maximum Gasteiger partial charge on any atom is 0.342 e. The first-order chi connectivity index (χ1) is 11.2. The number of nitrogens with two attached hydrogens (primary N) is 1. The minimum absolute atomic E-state index is 0.106. The number of hydrogen-bond acceptors (Lipinski definition) is 6. The van der Waals surface area contributed by atoms with E-state index < -0.39 is 22.1 Å². The molecule has 132 valence electrons. The summed E-state index contributed by atoms with van der Waals surface area (Å²) in [5.41, 5.74) is -0.106. The zero-order chi connectivity index (χ0) is 17.9. The third kappa shape index (κ3) is 4.04. The Morgan fingerprint density at radius 3 is 2.42 bits per heavy atom. The van der Waals surface area contributed by atoms with Crippen LogP contribution in [0.25, 0.3) is 0 Å². The number of methoxy groups -OCH3 is 1. The number of rotatable bonds is 5. The van der Waals surface area contributed by atoms with Crippen molar-refractivity contribution in [3.8, 4) is 5.75 Å². The summed E-state index contributed by atoms with van der Waals surface area (Å²) in [5, 5.41) is 5.07. The Balaban J connectivity index is 2.20. The lowest BCUT2D eigenvalue weighted by molar-refractivity contribution is -0.138. The van der Waals surface area contributed by atoms with Gasteiger partial charge in [0.1, 0.15) is 11.3 Å². The molecule has 8 nitrogen and oxygen atoms in total. The SMILES string of the molecule is COc1ccc(S(N)(=O)=O)cc1C(=O)OC(C)C(=O)N1CCCC1. The van der Waals surface area contributed by atoms with Crippen LogP contribution in [0, 0.1) is 0 Å². The fourth-order valence-electron chi connectivity index (χ4n) is 2.49. The molecule has 0 aromatic heterocycles. The van der Waals surface area contributed by atoms with Crippen molar-refractivity contribution in [1.29, 1.82) is 0 Å². The second-order valence-corrected chi connectivity index (χ2v) is 7.05. The Labute approximate surface area is 140 Å². The van der Waals surface area contributed by atoms with Crippen LogP contribution in [0.4, 0.5) is 0 Å². The summed E-state index contributed by atoms with van der Waals surface area (Å²) in [7, 11) is -2.65. The molecule has 1 aromatic carbocycles. The average molecular weight is 356 g/mol. The molecule has 0 radical (unpaired) electrons. The highest BCUT2D eigenvalue weighted by atomic mass is 32.2. The van der Waals surface area contributed by atoms with Crippen LogP contribution in [0.1, 0.15) is 30.1 Å². The minimum atomic E-state index is -3.98. The van der Waals surface area contributed by atoms with Gasteiger partial charge in [0.15, 0.2) is 6.10 Å². The van der Waals surface area contributed by atoms with Crippen LogP contribution in [0.2, 0.25) is 0 Å². The van der Waals surface area contributed by atoms with Gasteiger partial charge in [0.2, 0.25) is 10.0 Å². The second-order valence-electron chi connectivity index (χ2n) is 5.49. The number of benzene rings is 1. The molecule has 1 heterocycles. The Kier molecular flexibility index (Phi) is 5.45. The van der Waals surface area contributed by atoms with Crippen molar-refractivity contribution >= 4 is 21.9 Å². The molecule has 1 amide bonds. The van der Waals surface area contributed by atoms with Gasteiger partial charge >= 0.3 is 5.97 Å². The molecule has 1 aliphatic rings. The largest absolute Gasteiger partial charge is 0.496 e. The quantitative estimate of drug-likeness (QED) is 0.769. The van der Waals surface area contributed by atoms with E-state index in [9.17, 15) is 18.0 Å². The van der Waals surface area contributed by atoms with E-state index in [0.717, 1.165) is 18.9 Å². The topological polar surface area (TPSA) is 116 Å². The second kappa shape index (κ2) is 7.18. The number of hydrogen-bond donors (Lipinski definition) is 1. The zero-order valence-corrected chi connectivity index (χ0v) is 14.3. The van der Waals surface area contributed by atoms with Gasteiger partial charge in [0.25, 0.3) is 5.91 Å². The fourth-order valence-corrected chi connectivity index (χ4v) is 3.03. The van der Waals surface area contributed by atoms with E-state index in [2.05, 4.69) is 0 Å². The molecule has 2 N–H and O–H groups in total. The number of esters is 1. The zero-order valence-electron chi connectivity index (χ0n) is 13.5. The van der Waals surface area contributed by atoms with Crippen LogP contribution in [0.3, 0.4) is 0 Å². The normalized spacial score (nSPS) is 15.9. The first kappa shape index (κ1) is 18.2. The van der Waals surface area contributed by atoms with Crippen molar-refractivity contribution in [2.45, 2.75) is 30.8 Å². The van der Waals surface area contributed by atoms with E-state index >= 15 is 0 Å². The Morgan fingerprint density at radius 2 is 1.88 bits per heavy atom. The van der Waals surface area contributed by atoms with E-state index in [-0.39, 0.29) is 22.1 Å². The van der Waals surface area contributed by atoms with E-state index in [1.807, 2.05) is 0 Å². The number of amides is 1. The van der Waals surface area contributed by atoms with Crippen molar-refractivity contribution in [3.63, 3.8) is 0 Å². The molecule has 0 bridgehead atoms. The Hall–Kier alpha value is -2.13. The summed E-state index contributed by atoms with van der Waals surface area (Å²) < 4.78 is 33.1. The molecule has 1 saturated heterocycles. The van der Waals surface area contributed by atoms with Gasteiger partial charge in [-0.2, -0.15) is 0 Å². The number of nitrogens with zero attached hydrogens (tertiary/aromatic N) is 1. The smallest absolute Gasteiger partial charge is 0.342 e. The highest BCUT2D eigenvalue weighted by molar-refractivity contribution is 7.89. The average Bonchev–Trinajstić information content (AvgIpc) is 3.06. The fraction of sp³-hybridized carbons (Fsp3) is 0.467. The maximum absolute atomic E-state index is 12.3. The highest BCUT2D eigenvalue weighted by Crippen LogP contribution is 2.23. The van der Waals surface area contributed by atoms with E-state index in [1.165, 1.54) is 26.2 Å². The van der Waals surface area contributed by atoms with Gasteiger partial charge in [-0.15, -0.1) is 0 Å². The molecule has 2 rings (SSSR count). The molecule has 24 heavy (non-hydrogen) atoms. The molecule has 9 heteroatoms.